The van der Waals surface area contributed by atoms with E-state index in [0.29, 0.717) is 11.7 Å². The molecule has 28 heavy (non-hydrogen) atoms. The number of rotatable bonds is 2. The Hall–Kier alpha value is -2.43. The Morgan fingerprint density at radius 3 is 2.61 bits per heavy atom. The van der Waals surface area contributed by atoms with E-state index < -0.39 is 5.97 Å². The standard InChI is InChI=1S/C23H28O5/c1-22(2)10-5-11-23(3)14-12-28-20(13(14)6-9-17(22)23)18-15(24)7-8-16(25)19(18)21(26)27-4/h7-8,12,17,24-25H,5-6,9-11H2,1-4H3/t17-,23+/m0/s1. The molecule has 1 aromatic heterocycles. The summed E-state index contributed by atoms with van der Waals surface area (Å²) in [5.41, 5.74) is 2.63. The number of phenols is 2. The van der Waals surface area contributed by atoms with Gasteiger partial charge in [0.15, 0.2) is 0 Å². The van der Waals surface area contributed by atoms with Gasteiger partial charge in [-0.2, -0.15) is 0 Å². The molecule has 5 nitrogen and oxygen atoms in total. The maximum absolute atomic E-state index is 12.3. The van der Waals surface area contributed by atoms with Crippen LogP contribution in [-0.2, 0) is 16.6 Å². The average molecular weight is 384 g/mol. The topological polar surface area (TPSA) is 79.9 Å². The van der Waals surface area contributed by atoms with Crippen molar-refractivity contribution in [1.29, 1.82) is 0 Å². The normalized spacial score (nSPS) is 25.6. The summed E-state index contributed by atoms with van der Waals surface area (Å²) in [4.78, 5) is 12.3. The molecule has 2 aliphatic rings. The van der Waals surface area contributed by atoms with Gasteiger partial charge < -0.3 is 19.4 Å². The number of phenolic OH excluding ortho intramolecular Hbond substituents is 2. The van der Waals surface area contributed by atoms with Crippen LogP contribution in [0, 0.1) is 11.3 Å². The lowest BCUT2D eigenvalue weighted by molar-refractivity contribution is 0.0409. The van der Waals surface area contributed by atoms with Crippen LogP contribution in [0.5, 0.6) is 11.5 Å². The fourth-order valence-corrected chi connectivity index (χ4v) is 5.88. The van der Waals surface area contributed by atoms with Gasteiger partial charge >= 0.3 is 5.97 Å². The molecule has 1 saturated carbocycles. The fourth-order valence-electron chi connectivity index (χ4n) is 5.88. The number of fused-ring (bicyclic) bond motifs is 3. The molecule has 2 aromatic rings. The van der Waals surface area contributed by atoms with Gasteiger partial charge in [0.1, 0.15) is 22.8 Å². The van der Waals surface area contributed by atoms with Gasteiger partial charge in [0, 0.05) is 11.1 Å². The number of furan rings is 1. The SMILES string of the molecule is COC(=O)c1c(O)ccc(O)c1-c1occ2c1CC[C@H]1C(C)(C)CCC[C@]21C. The van der Waals surface area contributed by atoms with Crippen LogP contribution >= 0.6 is 0 Å². The lowest BCUT2D eigenvalue weighted by Crippen LogP contribution is -2.47. The zero-order chi connectivity index (χ0) is 20.3. The Morgan fingerprint density at radius 2 is 1.89 bits per heavy atom. The molecule has 0 saturated heterocycles. The minimum Gasteiger partial charge on any atom is -0.507 e. The van der Waals surface area contributed by atoms with Crippen LogP contribution < -0.4 is 0 Å². The Bertz CT molecular complexity index is 939. The first-order valence-corrected chi connectivity index (χ1v) is 9.95. The van der Waals surface area contributed by atoms with Crippen molar-refractivity contribution in [3.05, 3.63) is 35.1 Å². The molecule has 0 bridgehead atoms. The van der Waals surface area contributed by atoms with E-state index in [4.69, 9.17) is 9.15 Å². The van der Waals surface area contributed by atoms with E-state index in [-0.39, 0.29) is 33.5 Å². The number of esters is 1. The van der Waals surface area contributed by atoms with Gasteiger partial charge in [0.2, 0.25) is 0 Å². The summed E-state index contributed by atoms with van der Waals surface area (Å²) >= 11 is 0. The third kappa shape index (κ3) is 2.55. The van der Waals surface area contributed by atoms with Gasteiger partial charge in [-0.25, -0.2) is 4.79 Å². The van der Waals surface area contributed by atoms with Crippen molar-refractivity contribution in [3.63, 3.8) is 0 Å². The van der Waals surface area contributed by atoms with Gasteiger partial charge in [0.25, 0.3) is 0 Å². The second-order valence-electron chi connectivity index (χ2n) is 9.15. The molecule has 5 heteroatoms. The van der Waals surface area contributed by atoms with Gasteiger partial charge in [-0.15, -0.1) is 0 Å². The highest BCUT2D eigenvalue weighted by atomic mass is 16.5. The molecule has 4 rings (SSSR count). The van der Waals surface area contributed by atoms with Crippen LogP contribution in [0.15, 0.2) is 22.8 Å². The molecule has 0 amide bonds. The molecule has 1 aromatic carbocycles. The predicted molar refractivity (Wildman–Crippen MR) is 106 cm³/mol. The molecule has 1 fully saturated rings. The van der Waals surface area contributed by atoms with E-state index in [1.165, 1.54) is 37.6 Å². The molecule has 0 aliphatic heterocycles. The second-order valence-corrected chi connectivity index (χ2v) is 9.15. The number of ether oxygens (including phenoxy) is 1. The maximum atomic E-state index is 12.3. The van der Waals surface area contributed by atoms with E-state index in [9.17, 15) is 15.0 Å². The highest BCUT2D eigenvalue weighted by Crippen LogP contribution is 2.58. The fraction of sp³-hybridized carbons (Fsp3) is 0.522. The van der Waals surface area contributed by atoms with Crippen LogP contribution in [0.25, 0.3) is 11.3 Å². The number of hydrogen-bond acceptors (Lipinski definition) is 5. The van der Waals surface area contributed by atoms with Gasteiger partial charge in [-0.1, -0.05) is 27.2 Å². The largest absolute Gasteiger partial charge is 0.507 e. The van der Waals surface area contributed by atoms with E-state index >= 15 is 0 Å². The first kappa shape index (κ1) is 18.9. The molecule has 2 N–H and O–H groups in total. The van der Waals surface area contributed by atoms with Crippen molar-refractivity contribution in [1.82, 2.24) is 0 Å². The summed E-state index contributed by atoms with van der Waals surface area (Å²) in [7, 11) is 1.25. The summed E-state index contributed by atoms with van der Waals surface area (Å²) in [5.74, 6) is -0.0150. The third-order valence-corrected chi connectivity index (χ3v) is 7.20. The van der Waals surface area contributed by atoms with Crippen molar-refractivity contribution in [2.24, 2.45) is 11.3 Å². The summed E-state index contributed by atoms with van der Waals surface area (Å²) in [5, 5.41) is 20.8. The lowest BCUT2D eigenvalue weighted by atomic mass is 9.51. The lowest BCUT2D eigenvalue weighted by Gasteiger charge is -2.53. The van der Waals surface area contributed by atoms with Gasteiger partial charge in [-0.05, 0) is 54.6 Å². The minimum absolute atomic E-state index is 0.00888. The summed E-state index contributed by atoms with van der Waals surface area (Å²) < 4.78 is 10.8. The van der Waals surface area contributed by atoms with Crippen LogP contribution in [-0.4, -0.2) is 23.3 Å². The zero-order valence-corrected chi connectivity index (χ0v) is 17.0. The predicted octanol–water partition coefficient (Wildman–Crippen LogP) is 5.17. The van der Waals surface area contributed by atoms with E-state index in [0.717, 1.165) is 24.8 Å². The molecule has 2 aliphatic carbocycles. The number of carbonyl (C=O) groups is 1. The summed E-state index contributed by atoms with van der Waals surface area (Å²) in [6, 6.07) is 2.67. The number of aromatic hydroxyl groups is 2. The quantitative estimate of drug-likeness (QED) is 0.551. The van der Waals surface area contributed by atoms with Gasteiger partial charge in [0.05, 0.1) is 18.9 Å². The van der Waals surface area contributed by atoms with Crippen LogP contribution in [0.4, 0.5) is 0 Å². The first-order valence-electron chi connectivity index (χ1n) is 9.95. The van der Waals surface area contributed by atoms with Crippen LogP contribution in [0.2, 0.25) is 0 Å². The van der Waals surface area contributed by atoms with Crippen molar-refractivity contribution in [3.8, 4) is 22.8 Å². The average Bonchev–Trinajstić information content (AvgIpc) is 3.07. The molecule has 150 valence electrons. The zero-order valence-electron chi connectivity index (χ0n) is 17.0. The molecule has 0 unspecified atom stereocenters. The number of carbonyl (C=O) groups excluding carboxylic acids is 1. The monoisotopic (exact) mass is 384 g/mol. The van der Waals surface area contributed by atoms with Crippen LogP contribution in [0.3, 0.4) is 0 Å². The van der Waals surface area contributed by atoms with Gasteiger partial charge in [-0.3, -0.25) is 0 Å². The number of hydrogen-bond donors (Lipinski definition) is 2. The van der Waals surface area contributed by atoms with Crippen molar-refractivity contribution in [2.75, 3.05) is 7.11 Å². The Labute approximate surface area is 165 Å². The van der Waals surface area contributed by atoms with Crippen LogP contribution in [0.1, 0.15) is 67.9 Å². The molecular formula is C23H28O5. The third-order valence-electron chi connectivity index (χ3n) is 7.20. The molecule has 0 spiro atoms. The Kier molecular flexibility index (Phi) is 4.25. The van der Waals surface area contributed by atoms with Crippen molar-refractivity contribution in [2.45, 2.75) is 58.3 Å². The molecule has 2 atom stereocenters. The highest BCUT2D eigenvalue weighted by Gasteiger charge is 2.51. The second kappa shape index (κ2) is 6.29. The minimum atomic E-state index is -0.702. The molecule has 0 radical (unpaired) electrons. The Balaban J connectivity index is 1.90. The van der Waals surface area contributed by atoms with E-state index in [1.807, 2.05) is 0 Å². The van der Waals surface area contributed by atoms with E-state index in [2.05, 4.69) is 20.8 Å². The van der Waals surface area contributed by atoms with E-state index in [1.54, 1.807) is 6.26 Å². The Morgan fingerprint density at radius 1 is 1.18 bits per heavy atom. The first-order chi connectivity index (χ1) is 13.2. The van der Waals surface area contributed by atoms with Crippen molar-refractivity contribution < 1.29 is 24.2 Å². The maximum Gasteiger partial charge on any atom is 0.342 e. The highest BCUT2D eigenvalue weighted by molar-refractivity contribution is 6.01. The number of methoxy groups -OCH3 is 1. The smallest absolute Gasteiger partial charge is 0.342 e. The number of benzene rings is 1. The summed E-state index contributed by atoms with van der Waals surface area (Å²) in [6.07, 6.45) is 7.15. The van der Waals surface area contributed by atoms with Crippen molar-refractivity contribution >= 4 is 5.97 Å². The molecular weight excluding hydrogens is 356 g/mol. The molecule has 1 heterocycles. The summed E-state index contributed by atoms with van der Waals surface area (Å²) in [6.45, 7) is 7.04.